The van der Waals surface area contributed by atoms with Crippen LogP contribution in [0.2, 0.25) is 0 Å². The van der Waals surface area contributed by atoms with Crippen LogP contribution in [-0.4, -0.2) is 35.0 Å². The highest BCUT2D eigenvalue weighted by Gasteiger charge is 2.44. The van der Waals surface area contributed by atoms with E-state index in [1.807, 2.05) is 30.3 Å². The first-order valence-electron chi connectivity index (χ1n) is 5.82. The second-order valence-corrected chi connectivity index (χ2v) is 4.31. The number of carbonyl (C=O) groups is 1. The number of aliphatic hydroxyl groups excluding tert-OH is 2. The number of hydrogen-bond acceptors (Lipinski definition) is 6. The molecule has 0 radical (unpaired) electrons. The van der Waals surface area contributed by atoms with Crippen LogP contribution in [0.1, 0.15) is 11.9 Å². The largest absolute Gasteiger partial charge is 0.505 e. The summed E-state index contributed by atoms with van der Waals surface area (Å²) in [6.07, 6.45) is -2.22. The summed E-state index contributed by atoms with van der Waals surface area (Å²) in [5.74, 6) is -2.22. The van der Waals surface area contributed by atoms with Crippen molar-refractivity contribution in [1.29, 1.82) is 0 Å². The van der Waals surface area contributed by atoms with Gasteiger partial charge in [0.1, 0.15) is 6.10 Å². The standard InChI is InChI=1S/C13H12O6/c14-9-10(15)12(16)19-11(9)8-6-17-13(18-8)7-4-2-1-3-5-7/h1-5,8,11,13-15H,6H2/t8-,11-,13+/m1/s1. The molecule has 0 spiro atoms. The van der Waals surface area contributed by atoms with E-state index in [-0.39, 0.29) is 6.61 Å². The van der Waals surface area contributed by atoms with Gasteiger partial charge in [0.25, 0.3) is 0 Å². The van der Waals surface area contributed by atoms with Crippen LogP contribution in [0.25, 0.3) is 0 Å². The summed E-state index contributed by atoms with van der Waals surface area (Å²) in [5.41, 5.74) is 0.835. The molecule has 3 rings (SSSR count). The molecule has 6 heteroatoms. The fraction of sp³-hybridized carbons (Fsp3) is 0.308. The maximum absolute atomic E-state index is 11.1. The predicted molar refractivity (Wildman–Crippen MR) is 62.2 cm³/mol. The topological polar surface area (TPSA) is 85.2 Å². The van der Waals surface area contributed by atoms with E-state index in [1.165, 1.54) is 0 Å². The molecular formula is C13H12O6. The Balaban J connectivity index is 1.72. The Kier molecular flexibility index (Phi) is 2.88. The molecule has 2 N–H and O–H groups in total. The van der Waals surface area contributed by atoms with E-state index in [2.05, 4.69) is 0 Å². The summed E-state index contributed by atoms with van der Waals surface area (Å²) < 4.78 is 15.9. The van der Waals surface area contributed by atoms with Gasteiger partial charge in [-0.2, -0.15) is 0 Å². The molecule has 1 aromatic carbocycles. The lowest BCUT2D eigenvalue weighted by molar-refractivity contribution is -0.149. The van der Waals surface area contributed by atoms with Gasteiger partial charge in [0, 0.05) is 5.56 Å². The molecule has 2 aliphatic rings. The highest BCUT2D eigenvalue weighted by atomic mass is 16.7. The quantitative estimate of drug-likeness (QED) is 0.784. The number of rotatable bonds is 2. The van der Waals surface area contributed by atoms with Gasteiger partial charge in [0.15, 0.2) is 18.2 Å². The van der Waals surface area contributed by atoms with Crippen LogP contribution in [-0.2, 0) is 19.0 Å². The van der Waals surface area contributed by atoms with Crippen LogP contribution in [0.4, 0.5) is 0 Å². The highest BCUT2D eigenvalue weighted by molar-refractivity contribution is 5.89. The van der Waals surface area contributed by atoms with Crippen molar-refractivity contribution in [1.82, 2.24) is 0 Å². The van der Waals surface area contributed by atoms with E-state index >= 15 is 0 Å². The van der Waals surface area contributed by atoms with E-state index in [1.54, 1.807) is 0 Å². The van der Waals surface area contributed by atoms with Crippen molar-refractivity contribution in [2.75, 3.05) is 6.61 Å². The Morgan fingerprint density at radius 1 is 1.16 bits per heavy atom. The maximum atomic E-state index is 11.1. The lowest BCUT2D eigenvalue weighted by atomic mass is 10.2. The van der Waals surface area contributed by atoms with Crippen molar-refractivity contribution >= 4 is 5.97 Å². The van der Waals surface area contributed by atoms with Crippen LogP contribution in [0.5, 0.6) is 0 Å². The molecule has 0 amide bonds. The zero-order valence-electron chi connectivity index (χ0n) is 9.85. The van der Waals surface area contributed by atoms with Crippen molar-refractivity contribution in [2.24, 2.45) is 0 Å². The summed E-state index contributed by atoms with van der Waals surface area (Å²) in [6.45, 7) is 0.162. The number of hydrogen-bond donors (Lipinski definition) is 2. The van der Waals surface area contributed by atoms with Crippen LogP contribution in [0.3, 0.4) is 0 Å². The summed E-state index contributed by atoms with van der Waals surface area (Å²) in [7, 11) is 0. The average Bonchev–Trinajstić information content (AvgIpc) is 3.01. The minimum Gasteiger partial charge on any atom is -0.505 e. The molecule has 19 heavy (non-hydrogen) atoms. The Labute approximate surface area is 108 Å². The van der Waals surface area contributed by atoms with Crippen molar-refractivity contribution < 1.29 is 29.2 Å². The van der Waals surface area contributed by atoms with Gasteiger partial charge in [-0.3, -0.25) is 0 Å². The second kappa shape index (κ2) is 4.56. The number of cyclic esters (lactones) is 1. The van der Waals surface area contributed by atoms with Crippen LogP contribution >= 0.6 is 0 Å². The third-order valence-electron chi connectivity index (χ3n) is 3.06. The van der Waals surface area contributed by atoms with E-state index in [0.717, 1.165) is 5.56 Å². The molecule has 0 aliphatic carbocycles. The fourth-order valence-electron chi connectivity index (χ4n) is 2.08. The van der Waals surface area contributed by atoms with E-state index in [0.29, 0.717) is 0 Å². The van der Waals surface area contributed by atoms with Gasteiger partial charge in [-0.15, -0.1) is 0 Å². The molecule has 6 nitrogen and oxygen atoms in total. The van der Waals surface area contributed by atoms with Crippen molar-refractivity contribution in [2.45, 2.75) is 18.5 Å². The Morgan fingerprint density at radius 2 is 1.89 bits per heavy atom. The summed E-state index contributed by atoms with van der Waals surface area (Å²) in [5, 5.41) is 18.8. The molecule has 1 fully saturated rings. The number of esters is 1. The highest BCUT2D eigenvalue weighted by Crippen LogP contribution is 2.33. The van der Waals surface area contributed by atoms with Gasteiger partial charge in [0.05, 0.1) is 6.61 Å². The Morgan fingerprint density at radius 3 is 2.53 bits per heavy atom. The molecule has 100 valence electrons. The lowest BCUT2D eigenvalue weighted by Gasteiger charge is -2.16. The van der Waals surface area contributed by atoms with E-state index in [4.69, 9.17) is 14.2 Å². The number of ether oxygens (including phenoxy) is 3. The molecule has 0 aromatic heterocycles. The second-order valence-electron chi connectivity index (χ2n) is 4.31. The van der Waals surface area contributed by atoms with Crippen LogP contribution in [0.15, 0.2) is 41.9 Å². The van der Waals surface area contributed by atoms with Gasteiger partial charge in [-0.05, 0) is 0 Å². The SMILES string of the molecule is O=C1O[C@H]([C@H]2CO[C@H](c3ccccc3)O2)C(O)=C1O. The summed E-state index contributed by atoms with van der Waals surface area (Å²) >= 11 is 0. The van der Waals surface area contributed by atoms with Gasteiger partial charge >= 0.3 is 5.97 Å². The molecule has 2 aliphatic heterocycles. The molecule has 1 aromatic rings. The maximum Gasteiger partial charge on any atom is 0.377 e. The van der Waals surface area contributed by atoms with Gasteiger partial charge in [-0.25, -0.2) is 4.79 Å². The molecule has 0 saturated carbocycles. The predicted octanol–water partition coefficient (Wildman–Crippen LogP) is 1.35. The normalized spacial score (nSPS) is 30.7. The molecule has 1 saturated heterocycles. The monoisotopic (exact) mass is 264 g/mol. The third-order valence-corrected chi connectivity index (χ3v) is 3.06. The molecule has 0 unspecified atom stereocenters. The zero-order chi connectivity index (χ0) is 13.4. The smallest absolute Gasteiger partial charge is 0.377 e. The summed E-state index contributed by atoms with van der Waals surface area (Å²) in [6, 6.07) is 9.28. The number of aliphatic hydroxyl groups is 2. The Hall–Kier alpha value is -2.05. The first-order valence-corrected chi connectivity index (χ1v) is 5.82. The minimum absolute atomic E-state index is 0.162. The van der Waals surface area contributed by atoms with Gasteiger partial charge in [-0.1, -0.05) is 30.3 Å². The van der Waals surface area contributed by atoms with Gasteiger partial charge < -0.3 is 24.4 Å². The number of carbonyl (C=O) groups excluding carboxylic acids is 1. The first kappa shape index (κ1) is 12.0. The Bertz CT molecular complexity index is 523. The molecular weight excluding hydrogens is 252 g/mol. The van der Waals surface area contributed by atoms with Gasteiger partial charge in [0.2, 0.25) is 5.76 Å². The van der Waals surface area contributed by atoms with Crippen molar-refractivity contribution in [3.05, 3.63) is 47.4 Å². The summed E-state index contributed by atoms with van der Waals surface area (Å²) in [4.78, 5) is 11.1. The van der Waals surface area contributed by atoms with Crippen molar-refractivity contribution in [3.63, 3.8) is 0 Å². The number of benzene rings is 1. The first-order chi connectivity index (χ1) is 9.16. The zero-order valence-corrected chi connectivity index (χ0v) is 9.85. The molecule has 3 atom stereocenters. The average molecular weight is 264 g/mol. The minimum atomic E-state index is -1.01. The third kappa shape index (κ3) is 2.05. The van der Waals surface area contributed by atoms with E-state index in [9.17, 15) is 15.0 Å². The molecule has 2 heterocycles. The van der Waals surface area contributed by atoms with Crippen LogP contribution in [0, 0.1) is 0 Å². The van der Waals surface area contributed by atoms with Crippen molar-refractivity contribution in [3.8, 4) is 0 Å². The van der Waals surface area contributed by atoms with E-state index < -0.39 is 36.0 Å². The fourth-order valence-corrected chi connectivity index (χ4v) is 2.08. The lowest BCUT2D eigenvalue weighted by Crippen LogP contribution is -2.30. The van der Waals surface area contributed by atoms with Crippen LogP contribution < -0.4 is 0 Å². The molecule has 0 bridgehead atoms.